The highest BCUT2D eigenvalue weighted by Gasteiger charge is 2.50. The molecule has 0 amide bonds. The van der Waals surface area contributed by atoms with Crippen molar-refractivity contribution in [1.29, 1.82) is 0 Å². The van der Waals surface area contributed by atoms with E-state index in [1.807, 2.05) is 48.7 Å². The molecule has 0 spiro atoms. The van der Waals surface area contributed by atoms with Gasteiger partial charge in [0.15, 0.2) is 4.75 Å². The van der Waals surface area contributed by atoms with Gasteiger partial charge in [-0.2, -0.15) is 0 Å². The summed E-state index contributed by atoms with van der Waals surface area (Å²) < 4.78 is 9.87. The molecule has 0 radical (unpaired) electrons. The number of ether oxygens (including phenoxy) is 2. The number of benzene rings is 2. The number of thioether (sulfide) groups is 1. The third-order valence-electron chi connectivity index (χ3n) is 3.54. The minimum atomic E-state index is -0.789. The van der Waals surface area contributed by atoms with Gasteiger partial charge in [0.2, 0.25) is 0 Å². The molecule has 0 fully saturated rings. The van der Waals surface area contributed by atoms with Crippen molar-refractivity contribution in [1.82, 2.24) is 0 Å². The number of methoxy groups -OCH3 is 1. The number of hydrogen-bond acceptors (Lipinski definition) is 4. The van der Waals surface area contributed by atoms with Crippen molar-refractivity contribution < 1.29 is 14.3 Å². The third kappa shape index (κ3) is 1.72. The first-order valence-corrected chi connectivity index (χ1v) is 7.46. The van der Waals surface area contributed by atoms with Crippen LogP contribution >= 0.6 is 11.8 Å². The van der Waals surface area contributed by atoms with Crippen molar-refractivity contribution in [2.45, 2.75) is 4.75 Å². The van der Waals surface area contributed by atoms with Crippen LogP contribution in [0.1, 0.15) is 11.1 Å². The first-order valence-electron chi connectivity index (χ1n) is 6.24. The molecular formula is C16H14O3S. The van der Waals surface area contributed by atoms with Crippen LogP contribution in [0.4, 0.5) is 0 Å². The van der Waals surface area contributed by atoms with Crippen molar-refractivity contribution in [3.8, 4) is 11.5 Å². The Kier molecular flexibility index (Phi) is 3.18. The van der Waals surface area contributed by atoms with E-state index in [0.29, 0.717) is 11.5 Å². The molecule has 0 bridgehead atoms. The predicted molar refractivity (Wildman–Crippen MR) is 79.4 cm³/mol. The highest BCUT2D eigenvalue weighted by Crippen LogP contribution is 2.51. The fourth-order valence-electron chi connectivity index (χ4n) is 2.54. The second kappa shape index (κ2) is 4.87. The molecular weight excluding hydrogens is 272 g/mol. The van der Waals surface area contributed by atoms with E-state index in [0.717, 1.165) is 11.1 Å². The summed E-state index contributed by atoms with van der Waals surface area (Å²) in [7, 11) is 1.59. The van der Waals surface area contributed by atoms with Crippen LogP contribution in [-0.2, 0) is 9.54 Å². The smallest absolute Gasteiger partial charge is 0.336 e. The maximum atomic E-state index is 12.5. The SMILES string of the molecule is COc1ccc2c(c1)OC(=O)C2(SC)c1ccccc1. The van der Waals surface area contributed by atoms with Crippen LogP contribution in [-0.4, -0.2) is 19.3 Å². The lowest BCUT2D eigenvalue weighted by molar-refractivity contribution is -0.134. The van der Waals surface area contributed by atoms with E-state index in [9.17, 15) is 4.79 Å². The normalized spacial score (nSPS) is 20.4. The molecule has 0 N–H and O–H groups in total. The van der Waals surface area contributed by atoms with E-state index >= 15 is 0 Å². The summed E-state index contributed by atoms with van der Waals surface area (Å²) in [5.74, 6) is 1.01. The lowest BCUT2D eigenvalue weighted by atomic mass is 9.91. The Bertz CT molecular complexity index is 654. The van der Waals surface area contributed by atoms with E-state index < -0.39 is 4.75 Å². The summed E-state index contributed by atoms with van der Waals surface area (Å²) in [6.07, 6.45) is 1.92. The Labute approximate surface area is 121 Å². The van der Waals surface area contributed by atoms with Gasteiger partial charge in [-0.05, 0) is 24.0 Å². The van der Waals surface area contributed by atoms with Gasteiger partial charge in [0.1, 0.15) is 11.5 Å². The summed E-state index contributed by atoms with van der Waals surface area (Å²) in [5, 5.41) is 0. The number of esters is 1. The maximum Gasteiger partial charge on any atom is 0.336 e. The molecule has 1 unspecified atom stereocenters. The first-order chi connectivity index (χ1) is 9.72. The third-order valence-corrected chi connectivity index (χ3v) is 4.78. The van der Waals surface area contributed by atoms with Crippen LogP contribution in [0.5, 0.6) is 11.5 Å². The van der Waals surface area contributed by atoms with Crippen molar-refractivity contribution >= 4 is 17.7 Å². The second-order valence-electron chi connectivity index (χ2n) is 4.50. The molecule has 4 heteroatoms. The lowest BCUT2D eigenvalue weighted by Crippen LogP contribution is -2.31. The average molecular weight is 286 g/mol. The number of carbonyl (C=O) groups excluding carboxylic acids is 1. The summed E-state index contributed by atoms with van der Waals surface area (Å²) >= 11 is 1.48. The second-order valence-corrected chi connectivity index (χ2v) is 5.52. The summed E-state index contributed by atoms with van der Waals surface area (Å²) in [4.78, 5) is 12.5. The molecule has 1 aliphatic heterocycles. The minimum absolute atomic E-state index is 0.251. The zero-order chi connectivity index (χ0) is 14.2. The Morgan fingerprint density at radius 1 is 1.15 bits per heavy atom. The molecule has 0 aromatic heterocycles. The fourth-order valence-corrected chi connectivity index (χ4v) is 3.51. The van der Waals surface area contributed by atoms with E-state index in [1.54, 1.807) is 13.2 Å². The van der Waals surface area contributed by atoms with Crippen LogP contribution in [0.3, 0.4) is 0 Å². The van der Waals surface area contributed by atoms with Crippen molar-refractivity contribution in [3.05, 3.63) is 59.7 Å². The van der Waals surface area contributed by atoms with Gasteiger partial charge in [0, 0.05) is 11.6 Å². The predicted octanol–water partition coefficient (Wildman–Crippen LogP) is 3.22. The minimum Gasteiger partial charge on any atom is -0.497 e. The molecule has 0 aliphatic carbocycles. The van der Waals surface area contributed by atoms with Crippen LogP contribution in [0, 0.1) is 0 Å². The summed E-state index contributed by atoms with van der Waals surface area (Å²) in [6.45, 7) is 0. The van der Waals surface area contributed by atoms with Gasteiger partial charge in [-0.15, -0.1) is 11.8 Å². The number of hydrogen-bond donors (Lipinski definition) is 0. The van der Waals surface area contributed by atoms with E-state index in [4.69, 9.17) is 9.47 Å². The van der Waals surface area contributed by atoms with Crippen molar-refractivity contribution in [3.63, 3.8) is 0 Å². The molecule has 1 atom stereocenters. The fraction of sp³-hybridized carbons (Fsp3) is 0.188. The molecule has 0 saturated carbocycles. The van der Waals surface area contributed by atoms with Gasteiger partial charge < -0.3 is 9.47 Å². The highest BCUT2D eigenvalue weighted by atomic mass is 32.2. The van der Waals surface area contributed by atoms with Crippen molar-refractivity contribution in [2.24, 2.45) is 0 Å². The molecule has 0 saturated heterocycles. The topological polar surface area (TPSA) is 35.5 Å². The summed E-state index contributed by atoms with van der Waals surface area (Å²) in [5.41, 5.74) is 1.81. The van der Waals surface area contributed by atoms with Gasteiger partial charge >= 0.3 is 5.97 Å². The largest absolute Gasteiger partial charge is 0.497 e. The van der Waals surface area contributed by atoms with Crippen LogP contribution in [0.2, 0.25) is 0 Å². The standard InChI is InChI=1S/C16H14O3S/c1-18-12-8-9-13-14(10-12)19-15(17)16(13,20-2)11-6-4-3-5-7-11/h3-10H,1-2H3. The zero-order valence-corrected chi connectivity index (χ0v) is 12.1. The molecule has 3 nitrogen and oxygen atoms in total. The molecule has 20 heavy (non-hydrogen) atoms. The van der Waals surface area contributed by atoms with Crippen LogP contribution in [0.15, 0.2) is 48.5 Å². The Morgan fingerprint density at radius 3 is 2.55 bits per heavy atom. The quantitative estimate of drug-likeness (QED) is 0.641. The van der Waals surface area contributed by atoms with Gasteiger partial charge in [-0.1, -0.05) is 30.3 Å². The van der Waals surface area contributed by atoms with Gasteiger partial charge in [0.25, 0.3) is 0 Å². The van der Waals surface area contributed by atoms with Crippen molar-refractivity contribution in [2.75, 3.05) is 13.4 Å². The Morgan fingerprint density at radius 2 is 1.90 bits per heavy atom. The molecule has 2 aromatic rings. The number of rotatable bonds is 3. The number of carbonyl (C=O) groups is 1. The maximum absolute atomic E-state index is 12.5. The molecule has 3 rings (SSSR count). The van der Waals surface area contributed by atoms with Gasteiger partial charge in [0.05, 0.1) is 7.11 Å². The molecule has 1 heterocycles. The van der Waals surface area contributed by atoms with E-state index in [1.165, 1.54) is 11.8 Å². The first kappa shape index (κ1) is 13.1. The average Bonchev–Trinajstić information content (AvgIpc) is 2.79. The van der Waals surface area contributed by atoms with E-state index in [2.05, 4.69) is 0 Å². The lowest BCUT2D eigenvalue weighted by Gasteiger charge is -2.24. The van der Waals surface area contributed by atoms with Gasteiger partial charge in [-0.3, -0.25) is 0 Å². The molecule has 1 aliphatic rings. The zero-order valence-electron chi connectivity index (χ0n) is 11.3. The Balaban J connectivity index is 2.21. The van der Waals surface area contributed by atoms with Crippen LogP contribution in [0.25, 0.3) is 0 Å². The Hall–Kier alpha value is -1.94. The van der Waals surface area contributed by atoms with Crippen LogP contribution < -0.4 is 9.47 Å². The molecule has 102 valence electrons. The molecule has 2 aromatic carbocycles. The van der Waals surface area contributed by atoms with Gasteiger partial charge in [-0.25, -0.2) is 4.79 Å². The highest BCUT2D eigenvalue weighted by molar-refractivity contribution is 8.00. The number of fused-ring (bicyclic) bond motifs is 1. The van der Waals surface area contributed by atoms with E-state index in [-0.39, 0.29) is 5.97 Å². The monoisotopic (exact) mass is 286 g/mol. The summed E-state index contributed by atoms with van der Waals surface area (Å²) in [6, 6.07) is 15.2.